The van der Waals surface area contributed by atoms with Crippen molar-refractivity contribution in [2.75, 3.05) is 29.7 Å². The second-order valence-corrected chi connectivity index (χ2v) is 5.46. The lowest BCUT2D eigenvalue weighted by atomic mass is 10.2. The number of nitrogen functional groups attached to an aromatic ring is 1. The molecule has 1 unspecified atom stereocenters. The van der Waals surface area contributed by atoms with Crippen molar-refractivity contribution in [1.29, 1.82) is 0 Å². The monoisotopic (exact) mass is 276 g/mol. The van der Waals surface area contributed by atoms with Crippen LogP contribution in [0.15, 0.2) is 24.3 Å². The lowest BCUT2D eigenvalue weighted by Gasteiger charge is -2.28. The highest BCUT2D eigenvalue weighted by molar-refractivity contribution is 7.98. The van der Waals surface area contributed by atoms with Crippen molar-refractivity contribution in [3.05, 3.63) is 24.3 Å². The molecular weight excluding hydrogens is 256 g/mol. The fourth-order valence-electron chi connectivity index (χ4n) is 2.22. The van der Waals surface area contributed by atoms with Gasteiger partial charge in [-0.05, 0) is 24.8 Å². The molecule has 2 N–H and O–H groups in total. The van der Waals surface area contributed by atoms with Crippen LogP contribution in [0.25, 0.3) is 10.9 Å². The Bertz CT molecular complexity index is 558. The Morgan fingerprint density at radius 1 is 1.32 bits per heavy atom. The van der Waals surface area contributed by atoms with Gasteiger partial charge in [0.15, 0.2) is 0 Å². The molecule has 0 spiro atoms. The largest absolute Gasteiger partial charge is 0.368 e. The van der Waals surface area contributed by atoms with Crippen LogP contribution in [0.5, 0.6) is 0 Å². The number of thioether (sulfide) groups is 1. The van der Waals surface area contributed by atoms with Gasteiger partial charge >= 0.3 is 0 Å². The minimum absolute atomic E-state index is 0.333. The first-order chi connectivity index (χ1) is 9.17. The van der Waals surface area contributed by atoms with Crippen molar-refractivity contribution in [3.63, 3.8) is 0 Å². The van der Waals surface area contributed by atoms with Gasteiger partial charge in [-0.25, -0.2) is 4.98 Å². The quantitative estimate of drug-likeness (QED) is 0.910. The Morgan fingerprint density at radius 3 is 2.74 bits per heavy atom. The molecule has 0 aliphatic heterocycles. The minimum atomic E-state index is 0.333. The molecule has 19 heavy (non-hydrogen) atoms. The van der Waals surface area contributed by atoms with Crippen LogP contribution in [0.2, 0.25) is 0 Å². The number of hydrogen-bond acceptors (Lipinski definition) is 5. The molecule has 1 aromatic carbocycles. The van der Waals surface area contributed by atoms with E-state index in [0.29, 0.717) is 12.0 Å². The molecule has 102 valence electrons. The highest BCUT2D eigenvalue weighted by atomic mass is 32.2. The van der Waals surface area contributed by atoms with Gasteiger partial charge in [0.25, 0.3) is 0 Å². The van der Waals surface area contributed by atoms with Crippen molar-refractivity contribution < 1.29 is 0 Å². The van der Waals surface area contributed by atoms with Gasteiger partial charge in [-0.15, -0.1) is 0 Å². The third kappa shape index (κ3) is 2.92. The Hall–Kier alpha value is -1.49. The van der Waals surface area contributed by atoms with Crippen molar-refractivity contribution in [1.82, 2.24) is 9.97 Å². The maximum Gasteiger partial charge on any atom is 0.222 e. The molecule has 4 nitrogen and oxygen atoms in total. The van der Waals surface area contributed by atoms with Gasteiger partial charge in [0.2, 0.25) is 5.95 Å². The molecule has 0 saturated carbocycles. The summed E-state index contributed by atoms with van der Waals surface area (Å²) < 4.78 is 0. The molecule has 0 aliphatic carbocycles. The van der Waals surface area contributed by atoms with Crippen LogP contribution < -0.4 is 10.6 Å². The van der Waals surface area contributed by atoms with Gasteiger partial charge in [-0.3, -0.25) is 0 Å². The van der Waals surface area contributed by atoms with Crippen molar-refractivity contribution in [2.45, 2.75) is 19.4 Å². The first-order valence-corrected chi connectivity index (χ1v) is 7.80. The van der Waals surface area contributed by atoms with E-state index in [2.05, 4.69) is 35.1 Å². The number of anilines is 2. The summed E-state index contributed by atoms with van der Waals surface area (Å²) in [5.41, 5.74) is 6.72. The topological polar surface area (TPSA) is 55.0 Å². The van der Waals surface area contributed by atoms with E-state index in [1.807, 2.05) is 36.0 Å². The Balaban J connectivity index is 2.48. The Morgan fingerprint density at radius 2 is 2.05 bits per heavy atom. The van der Waals surface area contributed by atoms with E-state index in [1.165, 1.54) is 0 Å². The molecule has 0 bridgehead atoms. The third-order valence-corrected chi connectivity index (χ3v) is 4.03. The van der Waals surface area contributed by atoms with Crippen molar-refractivity contribution in [2.24, 2.45) is 0 Å². The average molecular weight is 276 g/mol. The molecule has 0 saturated heterocycles. The van der Waals surface area contributed by atoms with Gasteiger partial charge in [-0.1, -0.05) is 19.1 Å². The van der Waals surface area contributed by atoms with Gasteiger partial charge in [-0.2, -0.15) is 16.7 Å². The maximum absolute atomic E-state index is 5.82. The zero-order valence-electron chi connectivity index (χ0n) is 11.6. The fraction of sp³-hybridized carbons (Fsp3) is 0.429. The summed E-state index contributed by atoms with van der Waals surface area (Å²) in [4.78, 5) is 10.9. The standard InChI is InChI=1S/C14H20N4S/c1-4-10(9-19-3)18(2)13-11-7-5-6-8-12(11)16-14(15)17-13/h5-8,10H,4,9H2,1-3H3,(H2,15,16,17). The number of aromatic nitrogens is 2. The first kappa shape index (κ1) is 13.9. The van der Waals surface area contributed by atoms with E-state index in [0.717, 1.165) is 28.9 Å². The second kappa shape index (κ2) is 6.10. The summed E-state index contributed by atoms with van der Waals surface area (Å²) in [5, 5.41) is 1.05. The van der Waals surface area contributed by atoms with E-state index in [9.17, 15) is 0 Å². The average Bonchev–Trinajstić information content (AvgIpc) is 2.43. The number of rotatable bonds is 5. The predicted octanol–water partition coefficient (Wildman–Crippen LogP) is 2.79. The van der Waals surface area contributed by atoms with Crippen molar-refractivity contribution >= 4 is 34.4 Å². The third-order valence-electron chi connectivity index (χ3n) is 3.31. The molecule has 1 heterocycles. The number of benzene rings is 1. The van der Waals surface area contributed by atoms with Gasteiger partial charge < -0.3 is 10.6 Å². The Kier molecular flexibility index (Phi) is 4.47. The second-order valence-electron chi connectivity index (χ2n) is 4.55. The van der Waals surface area contributed by atoms with Crippen LogP contribution in [0.4, 0.5) is 11.8 Å². The lowest BCUT2D eigenvalue weighted by molar-refractivity contribution is 0.668. The lowest BCUT2D eigenvalue weighted by Crippen LogP contribution is -2.34. The first-order valence-electron chi connectivity index (χ1n) is 6.41. The molecule has 0 aliphatic rings. The summed E-state index contributed by atoms with van der Waals surface area (Å²) >= 11 is 1.85. The molecule has 0 radical (unpaired) electrons. The van der Waals surface area contributed by atoms with E-state index in [1.54, 1.807) is 0 Å². The van der Waals surface area contributed by atoms with Crippen molar-refractivity contribution in [3.8, 4) is 0 Å². The molecular formula is C14H20N4S. The molecule has 1 atom stereocenters. The normalized spacial score (nSPS) is 12.6. The molecule has 1 aromatic heterocycles. The highest BCUT2D eigenvalue weighted by Crippen LogP contribution is 2.26. The summed E-state index contributed by atoms with van der Waals surface area (Å²) in [7, 11) is 2.08. The van der Waals surface area contributed by atoms with Gasteiger partial charge in [0.1, 0.15) is 5.82 Å². The van der Waals surface area contributed by atoms with E-state index in [-0.39, 0.29) is 0 Å². The van der Waals surface area contributed by atoms with Crippen LogP contribution in [0.3, 0.4) is 0 Å². The fourth-order valence-corrected chi connectivity index (χ4v) is 3.06. The van der Waals surface area contributed by atoms with Crippen LogP contribution in [0, 0.1) is 0 Å². The van der Waals surface area contributed by atoms with E-state index in [4.69, 9.17) is 5.73 Å². The van der Waals surface area contributed by atoms with Crippen LogP contribution in [-0.4, -0.2) is 35.1 Å². The number of nitrogens with zero attached hydrogens (tertiary/aromatic N) is 3. The molecule has 5 heteroatoms. The number of hydrogen-bond donors (Lipinski definition) is 1. The maximum atomic E-state index is 5.82. The van der Waals surface area contributed by atoms with Gasteiger partial charge in [0.05, 0.1) is 5.52 Å². The van der Waals surface area contributed by atoms with Gasteiger partial charge in [0, 0.05) is 24.2 Å². The summed E-state index contributed by atoms with van der Waals surface area (Å²) in [6.07, 6.45) is 3.21. The SMILES string of the molecule is CCC(CSC)N(C)c1nc(N)nc2ccccc12. The molecule has 0 amide bonds. The minimum Gasteiger partial charge on any atom is -0.368 e. The smallest absolute Gasteiger partial charge is 0.222 e. The molecule has 0 fully saturated rings. The van der Waals surface area contributed by atoms with E-state index >= 15 is 0 Å². The predicted molar refractivity (Wildman–Crippen MR) is 84.8 cm³/mol. The van der Waals surface area contributed by atoms with Crippen LogP contribution in [-0.2, 0) is 0 Å². The van der Waals surface area contributed by atoms with E-state index < -0.39 is 0 Å². The molecule has 2 rings (SSSR count). The zero-order chi connectivity index (χ0) is 13.8. The summed E-state index contributed by atoms with van der Waals surface area (Å²) in [6, 6.07) is 8.45. The number of fused-ring (bicyclic) bond motifs is 1. The summed E-state index contributed by atoms with van der Waals surface area (Å²) in [5.74, 6) is 2.33. The Labute approximate surface area is 118 Å². The zero-order valence-corrected chi connectivity index (χ0v) is 12.4. The number of para-hydroxylation sites is 1. The van der Waals surface area contributed by atoms with Crippen LogP contribution in [0.1, 0.15) is 13.3 Å². The summed E-state index contributed by atoms with van der Waals surface area (Å²) in [6.45, 7) is 2.20. The van der Waals surface area contributed by atoms with Crippen LogP contribution >= 0.6 is 11.8 Å². The highest BCUT2D eigenvalue weighted by Gasteiger charge is 2.17. The number of nitrogens with two attached hydrogens (primary N) is 1. The molecule has 2 aromatic rings.